The van der Waals surface area contributed by atoms with Crippen molar-refractivity contribution >= 4 is 11.9 Å². The van der Waals surface area contributed by atoms with E-state index in [4.69, 9.17) is 4.74 Å². The Morgan fingerprint density at radius 2 is 2.04 bits per heavy atom. The van der Waals surface area contributed by atoms with Crippen molar-refractivity contribution in [2.75, 3.05) is 40.8 Å². The van der Waals surface area contributed by atoms with Gasteiger partial charge >= 0.3 is 0 Å². The van der Waals surface area contributed by atoms with E-state index in [1.54, 1.807) is 26.2 Å². The fourth-order valence-corrected chi connectivity index (χ4v) is 2.54. The molecule has 25 heavy (non-hydrogen) atoms. The number of nitrogens with one attached hydrogen (secondary N) is 1. The van der Waals surface area contributed by atoms with Gasteiger partial charge in [0.15, 0.2) is 5.96 Å². The minimum absolute atomic E-state index is 0.0633. The molecule has 1 atom stereocenters. The van der Waals surface area contributed by atoms with Crippen molar-refractivity contribution < 1.29 is 13.9 Å². The molecule has 1 amide bonds. The van der Waals surface area contributed by atoms with Crippen LogP contribution in [0.3, 0.4) is 0 Å². The summed E-state index contributed by atoms with van der Waals surface area (Å²) in [5.41, 5.74) is 0.967. The van der Waals surface area contributed by atoms with Crippen LogP contribution in [0, 0.1) is 5.82 Å². The van der Waals surface area contributed by atoms with Crippen LogP contribution >= 0.6 is 0 Å². The highest BCUT2D eigenvalue weighted by Gasteiger charge is 2.17. The van der Waals surface area contributed by atoms with Gasteiger partial charge in [0.05, 0.1) is 6.10 Å². The largest absolute Gasteiger partial charge is 0.376 e. The molecule has 0 aliphatic carbocycles. The number of likely N-dealkylation sites (N-methyl/N-ethyl adjacent to an activating group) is 1. The predicted octanol–water partition coefficient (Wildman–Crippen LogP) is 1.47. The van der Waals surface area contributed by atoms with Crippen LogP contribution in [0.15, 0.2) is 29.3 Å². The molecule has 0 spiro atoms. The molecule has 1 aliphatic rings. The molecule has 0 aromatic heterocycles. The van der Waals surface area contributed by atoms with E-state index in [1.807, 2.05) is 11.9 Å². The van der Waals surface area contributed by atoms with E-state index < -0.39 is 0 Å². The van der Waals surface area contributed by atoms with Crippen molar-refractivity contribution in [1.82, 2.24) is 15.1 Å². The molecule has 1 fully saturated rings. The molecule has 1 N–H and O–H groups in total. The summed E-state index contributed by atoms with van der Waals surface area (Å²) in [6, 6.07) is 6.37. The zero-order valence-electron chi connectivity index (χ0n) is 15.2. The Morgan fingerprint density at radius 3 is 2.64 bits per heavy atom. The Balaban J connectivity index is 2.00. The molecule has 0 saturated carbocycles. The molecule has 1 aromatic carbocycles. The fourth-order valence-electron chi connectivity index (χ4n) is 2.54. The van der Waals surface area contributed by atoms with E-state index in [2.05, 4.69) is 10.3 Å². The predicted molar refractivity (Wildman–Crippen MR) is 95.8 cm³/mol. The Bertz CT molecular complexity index is 583. The summed E-state index contributed by atoms with van der Waals surface area (Å²) < 4.78 is 18.7. The topological polar surface area (TPSA) is 57.2 Å². The average Bonchev–Trinajstić information content (AvgIpc) is 3.10. The van der Waals surface area contributed by atoms with Crippen LogP contribution in [0.1, 0.15) is 18.4 Å². The number of amides is 1. The van der Waals surface area contributed by atoms with Gasteiger partial charge in [-0.05, 0) is 30.5 Å². The monoisotopic (exact) mass is 350 g/mol. The highest BCUT2D eigenvalue weighted by molar-refractivity contribution is 5.84. The molecular weight excluding hydrogens is 323 g/mol. The third kappa shape index (κ3) is 6.34. The minimum atomic E-state index is -0.256. The lowest BCUT2D eigenvalue weighted by molar-refractivity contribution is -0.127. The standard InChI is InChI=1S/C18H27FN4O2/c1-22(2)17(24)12-21-18(20-11-16-5-4-10-25-16)23(3)13-14-6-8-15(19)9-7-14/h6-9,16H,4-5,10-13H2,1-3H3,(H,20,21). The first kappa shape index (κ1) is 19.2. The third-order valence-corrected chi connectivity index (χ3v) is 4.07. The quantitative estimate of drug-likeness (QED) is 0.624. The van der Waals surface area contributed by atoms with Gasteiger partial charge < -0.3 is 19.9 Å². The number of halogens is 1. The van der Waals surface area contributed by atoms with Crippen molar-refractivity contribution in [1.29, 1.82) is 0 Å². The van der Waals surface area contributed by atoms with Gasteiger partial charge in [-0.1, -0.05) is 12.1 Å². The number of ether oxygens (including phenoxy) is 1. The zero-order chi connectivity index (χ0) is 18.2. The van der Waals surface area contributed by atoms with E-state index in [-0.39, 0.29) is 24.4 Å². The summed E-state index contributed by atoms with van der Waals surface area (Å²) in [4.78, 5) is 19.7. The van der Waals surface area contributed by atoms with Crippen molar-refractivity contribution in [2.45, 2.75) is 25.5 Å². The first-order valence-corrected chi connectivity index (χ1v) is 8.51. The lowest BCUT2D eigenvalue weighted by Gasteiger charge is -2.24. The maximum absolute atomic E-state index is 13.1. The summed E-state index contributed by atoms with van der Waals surface area (Å²) in [5, 5.41) is 3.29. The van der Waals surface area contributed by atoms with Gasteiger partial charge in [-0.15, -0.1) is 0 Å². The van der Waals surface area contributed by atoms with E-state index in [0.29, 0.717) is 19.0 Å². The lowest BCUT2D eigenvalue weighted by Crippen LogP contribution is -2.42. The average molecular weight is 350 g/mol. The molecule has 0 bridgehead atoms. The van der Waals surface area contributed by atoms with Crippen LogP contribution in [0.25, 0.3) is 0 Å². The third-order valence-electron chi connectivity index (χ3n) is 4.07. The Kier molecular flexibility index (Phi) is 7.18. The smallest absolute Gasteiger partial charge is 0.243 e. The minimum Gasteiger partial charge on any atom is -0.376 e. The molecule has 1 aliphatic heterocycles. The van der Waals surface area contributed by atoms with Crippen LogP contribution < -0.4 is 5.32 Å². The number of rotatable bonds is 6. The number of carbonyl (C=O) groups is 1. The SMILES string of the molecule is CN(C)C(=O)CN=C(NCC1CCCO1)N(C)Cc1ccc(F)cc1. The van der Waals surface area contributed by atoms with Crippen LogP contribution in [-0.2, 0) is 16.1 Å². The van der Waals surface area contributed by atoms with Gasteiger partial charge in [-0.25, -0.2) is 9.38 Å². The zero-order valence-corrected chi connectivity index (χ0v) is 15.2. The molecule has 6 nitrogen and oxygen atoms in total. The summed E-state index contributed by atoms with van der Waals surface area (Å²) in [5.74, 6) is 0.315. The van der Waals surface area contributed by atoms with E-state index in [9.17, 15) is 9.18 Å². The van der Waals surface area contributed by atoms with Crippen LogP contribution in [0.5, 0.6) is 0 Å². The molecule has 1 saturated heterocycles. The number of benzene rings is 1. The second-order valence-electron chi connectivity index (χ2n) is 6.43. The molecule has 1 heterocycles. The van der Waals surface area contributed by atoms with E-state index >= 15 is 0 Å². The van der Waals surface area contributed by atoms with Crippen molar-refractivity contribution in [3.05, 3.63) is 35.6 Å². The van der Waals surface area contributed by atoms with Gasteiger partial charge in [0.25, 0.3) is 0 Å². The molecule has 0 radical (unpaired) electrons. The van der Waals surface area contributed by atoms with Gasteiger partial charge in [0, 0.05) is 40.8 Å². The highest BCUT2D eigenvalue weighted by atomic mass is 19.1. The second-order valence-corrected chi connectivity index (χ2v) is 6.43. The first-order valence-electron chi connectivity index (χ1n) is 8.51. The molecule has 138 valence electrons. The summed E-state index contributed by atoms with van der Waals surface area (Å²) in [7, 11) is 5.31. The highest BCUT2D eigenvalue weighted by Crippen LogP contribution is 2.11. The van der Waals surface area contributed by atoms with Crippen molar-refractivity contribution in [3.8, 4) is 0 Å². The van der Waals surface area contributed by atoms with Gasteiger partial charge in [0.2, 0.25) is 5.91 Å². The van der Waals surface area contributed by atoms with Gasteiger partial charge in [-0.3, -0.25) is 4.79 Å². The fraction of sp³-hybridized carbons (Fsp3) is 0.556. The number of aliphatic imine (C=N–C) groups is 1. The Hall–Kier alpha value is -2.15. The van der Waals surface area contributed by atoms with E-state index in [0.717, 1.165) is 25.0 Å². The van der Waals surface area contributed by atoms with Crippen molar-refractivity contribution in [2.24, 2.45) is 4.99 Å². The number of guanidine groups is 1. The Labute approximate surface area is 148 Å². The number of nitrogens with zero attached hydrogens (tertiary/aromatic N) is 3. The Morgan fingerprint density at radius 1 is 1.32 bits per heavy atom. The maximum atomic E-state index is 13.1. The van der Waals surface area contributed by atoms with Crippen LogP contribution in [0.4, 0.5) is 4.39 Å². The molecule has 7 heteroatoms. The summed E-state index contributed by atoms with van der Waals surface area (Å²) in [6.07, 6.45) is 2.27. The molecule has 1 unspecified atom stereocenters. The van der Waals surface area contributed by atoms with Crippen molar-refractivity contribution in [3.63, 3.8) is 0 Å². The second kappa shape index (κ2) is 9.36. The molecule has 2 rings (SSSR count). The van der Waals surface area contributed by atoms with Crippen LogP contribution in [0.2, 0.25) is 0 Å². The van der Waals surface area contributed by atoms with E-state index in [1.165, 1.54) is 17.0 Å². The number of hydrogen-bond acceptors (Lipinski definition) is 3. The number of carbonyl (C=O) groups excluding carboxylic acids is 1. The van der Waals surface area contributed by atoms with Crippen LogP contribution in [-0.4, -0.2) is 68.6 Å². The van der Waals surface area contributed by atoms with Gasteiger partial charge in [0.1, 0.15) is 12.4 Å². The molecule has 1 aromatic rings. The first-order chi connectivity index (χ1) is 12.0. The maximum Gasteiger partial charge on any atom is 0.243 e. The summed E-state index contributed by atoms with van der Waals surface area (Å²) in [6.45, 7) is 2.09. The number of hydrogen-bond donors (Lipinski definition) is 1. The normalized spacial score (nSPS) is 17.4. The van der Waals surface area contributed by atoms with Gasteiger partial charge in [-0.2, -0.15) is 0 Å². The summed E-state index contributed by atoms with van der Waals surface area (Å²) >= 11 is 0. The lowest BCUT2D eigenvalue weighted by atomic mass is 10.2. The molecular formula is C18H27FN4O2.